The number of hydrogen-bond acceptors (Lipinski definition) is 8. The maximum Gasteiger partial charge on any atom is 0.488 e. The number of pyridine rings is 1. The highest BCUT2D eigenvalue weighted by atomic mass is 32.2. The third-order valence-electron chi connectivity index (χ3n) is 8.28. The number of halogens is 5. The standard InChI is InChI=1S/C30H20F5NO5S.C8H11BO3.C2H6/c1-15-4-5-16(13-22(15)39-2)17-6-9-21(23(14-17)40-3)36-20-10-8-19(12-18(20)7-11-24(36)37)42(38)41-30-28(34)26(32)25(31)27(33)29(30)35;1-6-3-4-7(9(10)11)5-8(6)12-2;1-2/h4-14H,1-3H3;3-5,10-11H,1-2H3;1-2H3. The number of benzene rings is 5. The zero-order valence-electron chi connectivity index (χ0n) is 31.2. The molecule has 0 amide bonds. The Morgan fingerprint density at radius 3 is 1.71 bits per heavy atom. The fourth-order valence-corrected chi connectivity index (χ4v) is 6.19. The van der Waals surface area contributed by atoms with Crippen molar-refractivity contribution in [2.45, 2.75) is 32.6 Å². The number of aryl methyl sites for hydroxylation is 2. The molecule has 0 radical (unpaired) electrons. The third-order valence-corrected chi connectivity index (χ3v) is 9.24. The zero-order chi connectivity index (χ0) is 41.4. The second-order valence-electron chi connectivity index (χ2n) is 11.6. The van der Waals surface area contributed by atoms with Crippen LogP contribution in [-0.4, -0.2) is 47.3 Å². The number of fused-ring (bicyclic) bond motifs is 1. The average Bonchev–Trinajstić information content (AvgIpc) is 3.21. The van der Waals surface area contributed by atoms with Gasteiger partial charge in [-0.3, -0.25) is 9.36 Å². The zero-order valence-corrected chi connectivity index (χ0v) is 32.1. The van der Waals surface area contributed by atoms with Crippen LogP contribution in [0.4, 0.5) is 22.0 Å². The van der Waals surface area contributed by atoms with Crippen molar-refractivity contribution < 1.29 is 54.6 Å². The van der Waals surface area contributed by atoms with E-state index in [0.717, 1.165) is 22.3 Å². The van der Waals surface area contributed by atoms with Crippen LogP contribution in [0.5, 0.6) is 23.0 Å². The van der Waals surface area contributed by atoms with Crippen molar-refractivity contribution in [2.75, 3.05) is 21.3 Å². The predicted molar refractivity (Wildman–Crippen MR) is 205 cm³/mol. The first-order valence-corrected chi connectivity index (χ1v) is 17.9. The second-order valence-corrected chi connectivity index (χ2v) is 12.7. The molecule has 0 aliphatic carbocycles. The third kappa shape index (κ3) is 9.04. The first kappa shape index (κ1) is 43.0. The van der Waals surface area contributed by atoms with E-state index in [1.54, 1.807) is 50.6 Å². The molecule has 6 rings (SSSR count). The van der Waals surface area contributed by atoms with Gasteiger partial charge in [0, 0.05) is 11.5 Å². The largest absolute Gasteiger partial charge is 0.497 e. The summed E-state index contributed by atoms with van der Waals surface area (Å²) < 4.78 is 103. The highest BCUT2D eigenvalue weighted by molar-refractivity contribution is 7.80. The smallest absolute Gasteiger partial charge is 0.488 e. The minimum Gasteiger partial charge on any atom is -0.497 e. The number of hydrogen-bond donors (Lipinski definition) is 2. The van der Waals surface area contributed by atoms with Crippen molar-refractivity contribution in [1.82, 2.24) is 4.57 Å². The number of ether oxygens (including phenoxy) is 3. The molecule has 0 spiro atoms. The van der Waals surface area contributed by atoms with Crippen molar-refractivity contribution in [3.63, 3.8) is 0 Å². The Balaban J connectivity index is 0.000000422. The predicted octanol–water partition coefficient (Wildman–Crippen LogP) is 7.49. The Morgan fingerprint density at radius 1 is 0.625 bits per heavy atom. The molecule has 5 aromatic carbocycles. The van der Waals surface area contributed by atoms with Crippen LogP contribution in [0.2, 0.25) is 0 Å². The van der Waals surface area contributed by atoms with Crippen molar-refractivity contribution in [2.24, 2.45) is 0 Å². The topological polar surface area (TPSA) is 116 Å². The Labute approximate surface area is 322 Å². The highest BCUT2D eigenvalue weighted by Crippen LogP contribution is 2.34. The first-order valence-electron chi connectivity index (χ1n) is 16.8. The van der Waals surface area contributed by atoms with E-state index in [2.05, 4.69) is 4.18 Å². The van der Waals surface area contributed by atoms with Gasteiger partial charge in [-0.1, -0.05) is 44.2 Å². The van der Waals surface area contributed by atoms with Crippen LogP contribution in [0.1, 0.15) is 25.0 Å². The molecule has 0 aliphatic heterocycles. The normalized spacial score (nSPS) is 11.1. The van der Waals surface area contributed by atoms with Gasteiger partial charge in [0.15, 0.2) is 0 Å². The molecule has 2 N–H and O–H groups in total. The monoisotopic (exact) mass is 797 g/mol. The lowest BCUT2D eigenvalue weighted by Gasteiger charge is -2.16. The fourth-order valence-electron chi connectivity index (χ4n) is 5.40. The van der Waals surface area contributed by atoms with Crippen molar-refractivity contribution >= 4 is 34.6 Å². The molecule has 1 unspecified atom stereocenters. The molecule has 1 atom stereocenters. The molecule has 294 valence electrons. The number of aromatic nitrogens is 1. The lowest BCUT2D eigenvalue weighted by Crippen LogP contribution is -2.29. The molecule has 6 aromatic rings. The Morgan fingerprint density at radius 2 is 1.14 bits per heavy atom. The summed E-state index contributed by atoms with van der Waals surface area (Å²) in [4.78, 5) is 12.9. The molecule has 1 heterocycles. The molecule has 0 bridgehead atoms. The summed E-state index contributed by atoms with van der Waals surface area (Å²) in [5.41, 5.74) is 4.35. The van der Waals surface area contributed by atoms with Gasteiger partial charge in [-0.05, 0) is 90.1 Å². The van der Waals surface area contributed by atoms with Gasteiger partial charge >= 0.3 is 7.12 Å². The average molecular weight is 798 g/mol. The number of methoxy groups -OCH3 is 3. The van der Waals surface area contributed by atoms with Crippen LogP contribution in [0.15, 0.2) is 94.6 Å². The van der Waals surface area contributed by atoms with Gasteiger partial charge in [-0.2, -0.15) is 8.78 Å². The number of rotatable bonds is 9. The maximum atomic E-state index is 14.0. The maximum absolute atomic E-state index is 14.0. The van der Waals surface area contributed by atoms with Gasteiger partial charge in [0.1, 0.15) is 17.2 Å². The van der Waals surface area contributed by atoms with E-state index in [9.17, 15) is 31.0 Å². The second kappa shape index (κ2) is 18.8. The minimum absolute atomic E-state index is 0.160. The van der Waals surface area contributed by atoms with Gasteiger partial charge in [-0.25, -0.2) is 17.4 Å². The van der Waals surface area contributed by atoms with Crippen LogP contribution in [0.3, 0.4) is 0 Å². The van der Waals surface area contributed by atoms with Crippen LogP contribution in [0, 0.1) is 42.9 Å². The van der Waals surface area contributed by atoms with E-state index in [0.29, 0.717) is 39.3 Å². The quantitative estimate of drug-likeness (QED) is 0.0670. The summed E-state index contributed by atoms with van der Waals surface area (Å²) in [6.45, 7) is 7.82. The molecule has 0 aliphatic rings. The van der Waals surface area contributed by atoms with Gasteiger partial charge in [0.2, 0.25) is 45.9 Å². The minimum atomic E-state index is -2.68. The summed E-state index contributed by atoms with van der Waals surface area (Å²) in [5, 5.41) is 18.0. The molecular weight excluding hydrogens is 760 g/mol. The lowest BCUT2D eigenvalue weighted by molar-refractivity contribution is 0.352. The first-order chi connectivity index (χ1) is 26.7. The summed E-state index contributed by atoms with van der Waals surface area (Å²) in [6.07, 6.45) is 0. The SMILES string of the molecule is CC.COc1cc(-c2ccc(-n3c(=O)ccc4cc(S(=O)Oc5c(F)c(F)c(F)c(F)c5F)ccc43)c(OC)c2)ccc1C.COc1cc(B(O)O)ccc1C. The van der Waals surface area contributed by atoms with Gasteiger partial charge in [0.05, 0.1) is 37.4 Å². The van der Waals surface area contributed by atoms with Crippen molar-refractivity contribution in [1.29, 1.82) is 0 Å². The van der Waals surface area contributed by atoms with E-state index in [1.165, 1.54) is 42.0 Å². The Hall–Kier alpha value is -5.71. The molecule has 1 aromatic heterocycles. The fraction of sp³-hybridized carbons (Fsp3) is 0.175. The van der Waals surface area contributed by atoms with Crippen LogP contribution >= 0.6 is 0 Å². The highest BCUT2D eigenvalue weighted by Gasteiger charge is 2.29. The molecule has 9 nitrogen and oxygen atoms in total. The van der Waals surface area contributed by atoms with E-state index in [4.69, 9.17) is 24.3 Å². The molecule has 0 saturated carbocycles. The Kier molecular flexibility index (Phi) is 14.4. The molecular formula is C40H37BF5NO8S. The van der Waals surface area contributed by atoms with E-state index in [-0.39, 0.29) is 4.90 Å². The summed E-state index contributed by atoms with van der Waals surface area (Å²) in [6, 6.07) is 22.6. The summed E-state index contributed by atoms with van der Waals surface area (Å²) in [5.74, 6) is -11.3. The lowest BCUT2D eigenvalue weighted by atomic mass is 9.80. The van der Waals surface area contributed by atoms with E-state index < -0.39 is 58.6 Å². The summed E-state index contributed by atoms with van der Waals surface area (Å²) >= 11 is -2.68. The molecule has 0 fully saturated rings. The van der Waals surface area contributed by atoms with E-state index in [1.807, 2.05) is 45.9 Å². The van der Waals surface area contributed by atoms with Gasteiger partial charge < -0.3 is 28.4 Å². The summed E-state index contributed by atoms with van der Waals surface area (Å²) in [7, 11) is 3.15. The van der Waals surface area contributed by atoms with Gasteiger partial charge in [-0.15, -0.1) is 0 Å². The number of nitrogens with zero attached hydrogens (tertiary/aromatic N) is 1. The van der Waals surface area contributed by atoms with Crippen LogP contribution in [-0.2, 0) is 11.1 Å². The van der Waals surface area contributed by atoms with Gasteiger partial charge in [0.25, 0.3) is 5.56 Å². The van der Waals surface area contributed by atoms with Crippen LogP contribution < -0.4 is 29.4 Å². The molecule has 56 heavy (non-hydrogen) atoms. The van der Waals surface area contributed by atoms with Crippen LogP contribution in [0.25, 0.3) is 27.7 Å². The molecule has 0 saturated heterocycles. The molecule has 16 heteroatoms. The van der Waals surface area contributed by atoms with Crippen molar-refractivity contribution in [3.05, 3.63) is 135 Å². The van der Waals surface area contributed by atoms with E-state index >= 15 is 0 Å². The van der Waals surface area contributed by atoms with Crippen molar-refractivity contribution in [3.8, 4) is 39.8 Å². The Bertz CT molecular complexity index is 2430.